The minimum Gasteiger partial charge on any atom is -0.340 e. The van der Waals surface area contributed by atoms with Gasteiger partial charge >= 0.3 is 0 Å². The van der Waals surface area contributed by atoms with Crippen LogP contribution >= 0.6 is 0 Å². The normalized spacial score (nSPS) is 22.1. The van der Waals surface area contributed by atoms with E-state index < -0.39 is 10.0 Å². The molecule has 7 heteroatoms. The van der Waals surface area contributed by atoms with Gasteiger partial charge in [-0.25, -0.2) is 8.42 Å². The molecule has 0 saturated carbocycles. The third kappa shape index (κ3) is 3.04. The molecule has 1 aromatic rings. The maximum atomic E-state index is 11.5. The highest BCUT2D eigenvalue weighted by Gasteiger charge is 2.31. The summed E-state index contributed by atoms with van der Waals surface area (Å²) in [5.74, 6) is 1.20. The first kappa shape index (κ1) is 12.5. The summed E-state index contributed by atoms with van der Waals surface area (Å²) in [4.78, 5) is 4.11. The lowest BCUT2D eigenvalue weighted by Gasteiger charge is -2.21. The highest BCUT2D eigenvalue weighted by Crippen LogP contribution is 2.23. The quantitative estimate of drug-likeness (QED) is 0.797. The monoisotopic (exact) mass is 259 g/mol. The van der Waals surface area contributed by atoms with Gasteiger partial charge < -0.3 is 4.52 Å². The van der Waals surface area contributed by atoms with Crippen molar-refractivity contribution in [3.05, 3.63) is 11.7 Å². The fourth-order valence-electron chi connectivity index (χ4n) is 2.27. The maximum absolute atomic E-state index is 11.5. The Bertz CT molecular complexity index is 483. The first-order chi connectivity index (χ1) is 7.97. The van der Waals surface area contributed by atoms with E-state index >= 15 is 0 Å². The van der Waals surface area contributed by atoms with Crippen LogP contribution in [-0.4, -0.2) is 41.7 Å². The van der Waals surface area contributed by atoms with Crippen molar-refractivity contribution in [3.8, 4) is 0 Å². The molecule has 0 aromatic carbocycles. The van der Waals surface area contributed by atoms with Crippen molar-refractivity contribution in [1.29, 1.82) is 0 Å². The van der Waals surface area contributed by atoms with Crippen LogP contribution in [-0.2, 0) is 16.4 Å². The Morgan fingerprint density at radius 2 is 2.29 bits per heavy atom. The highest BCUT2D eigenvalue weighted by atomic mass is 32.2. The molecule has 2 rings (SSSR count). The van der Waals surface area contributed by atoms with Gasteiger partial charge in [0.2, 0.25) is 15.9 Å². The molecule has 96 valence electrons. The van der Waals surface area contributed by atoms with E-state index in [2.05, 4.69) is 10.1 Å². The summed E-state index contributed by atoms with van der Waals surface area (Å²) in [6, 6.07) is 0.0869. The van der Waals surface area contributed by atoms with Gasteiger partial charge in [-0.05, 0) is 19.3 Å². The van der Waals surface area contributed by atoms with Crippen molar-refractivity contribution in [2.75, 3.05) is 12.8 Å². The second-order valence-electron chi connectivity index (χ2n) is 4.44. The zero-order valence-corrected chi connectivity index (χ0v) is 10.9. The number of aromatic nitrogens is 2. The largest absolute Gasteiger partial charge is 0.340 e. The second-order valence-corrected chi connectivity index (χ2v) is 6.37. The van der Waals surface area contributed by atoms with Crippen LogP contribution in [0.3, 0.4) is 0 Å². The topological polar surface area (TPSA) is 76.3 Å². The van der Waals surface area contributed by atoms with Crippen molar-refractivity contribution in [2.45, 2.75) is 38.6 Å². The van der Waals surface area contributed by atoms with Gasteiger partial charge in [0.1, 0.15) is 0 Å². The van der Waals surface area contributed by atoms with Crippen LogP contribution in [0.5, 0.6) is 0 Å². The fraction of sp³-hybridized carbons (Fsp3) is 0.800. The van der Waals surface area contributed by atoms with Crippen LogP contribution in [0.4, 0.5) is 0 Å². The van der Waals surface area contributed by atoms with Crippen LogP contribution < -0.4 is 0 Å². The first-order valence-corrected chi connectivity index (χ1v) is 7.57. The van der Waals surface area contributed by atoms with Crippen LogP contribution in [0, 0.1) is 6.92 Å². The predicted octanol–water partition coefficient (Wildman–Crippen LogP) is 0.735. The molecule has 0 bridgehead atoms. The van der Waals surface area contributed by atoms with Gasteiger partial charge in [-0.3, -0.25) is 0 Å². The first-order valence-electron chi connectivity index (χ1n) is 5.73. The predicted molar refractivity (Wildman–Crippen MR) is 61.9 cm³/mol. The van der Waals surface area contributed by atoms with Crippen LogP contribution in [0.1, 0.15) is 31.0 Å². The van der Waals surface area contributed by atoms with Crippen LogP contribution in [0.15, 0.2) is 4.52 Å². The van der Waals surface area contributed by atoms with E-state index in [1.165, 1.54) is 6.26 Å². The maximum Gasteiger partial charge on any atom is 0.223 e. The second kappa shape index (κ2) is 4.73. The number of hydrogen-bond donors (Lipinski definition) is 0. The molecule has 17 heavy (non-hydrogen) atoms. The Morgan fingerprint density at radius 1 is 1.53 bits per heavy atom. The van der Waals surface area contributed by atoms with Crippen LogP contribution in [0.2, 0.25) is 0 Å². The summed E-state index contributed by atoms with van der Waals surface area (Å²) >= 11 is 0. The third-order valence-electron chi connectivity index (χ3n) is 3.02. The molecule has 1 atom stereocenters. The molecular weight excluding hydrogens is 242 g/mol. The third-order valence-corrected chi connectivity index (χ3v) is 4.35. The molecular formula is C10H17N3O3S. The molecule has 0 aliphatic carbocycles. The molecule has 0 spiro atoms. The molecule has 0 N–H and O–H groups in total. The SMILES string of the molecule is Cc1nc(CCC2CCCN2S(C)(=O)=O)no1. The van der Waals surface area contributed by atoms with Crippen molar-refractivity contribution in [2.24, 2.45) is 0 Å². The number of sulfonamides is 1. The molecule has 0 amide bonds. The van der Waals surface area contributed by atoms with Gasteiger partial charge in [0.25, 0.3) is 0 Å². The van der Waals surface area contributed by atoms with Crippen LogP contribution in [0.25, 0.3) is 0 Å². The Kier molecular flexibility index (Phi) is 3.48. The average Bonchev–Trinajstić information content (AvgIpc) is 2.81. The van der Waals surface area contributed by atoms with Gasteiger partial charge in [0.15, 0.2) is 5.82 Å². The smallest absolute Gasteiger partial charge is 0.223 e. The van der Waals surface area contributed by atoms with E-state index in [0.717, 1.165) is 19.3 Å². The Hall–Kier alpha value is -0.950. The number of rotatable bonds is 4. The van der Waals surface area contributed by atoms with Crippen molar-refractivity contribution in [1.82, 2.24) is 14.4 Å². The number of aryl methyl sites for hydroxylation is 2. The zero-order valence-electron chi connectivity index (χ0n) is 10.1. The lowest BCUT2D eigenvalue weighted by atomic mass is 10.1. The molecule has 2 heterocycles. The van der Waals surface area contributed by atoms with E-state index in [4.69, 9.17) is 4.52 Å². The molecule has 1 unspecified atom stereocenters. The fourth-order valence-corrected chi connectivity index (χ4v) is 3.49. The van der Waals surface area contributed by atoms with E-state index in [1.54, 1.807) is 11.2 Å². The molecule has 0 radical (unpaired) electrons. The zero-order chi connectivity index (χ0) is 12.5. The highest BCUT2D eigenvalue weighted by molar-refractivity contribution is 7.88. The van der Waals surface area contributed by atoms with Gasteiger partial charge in [0, 0.05) is 25.9 Å². The summed E-state index contributed by atoms with van der Waals surface area (Å²) < 4.78 is 29.5. The summed E-state index contributed by atoms with van der Waals surface area (Å²) in [5.41, 5.74) is 0. The van der Waals surface area contributed by atoms with Gasteiger partial charge in [-0.15, -0.1) is 0 Å². The molecule has 6 nitrogen and oxygen atoms in total. The van der Waals surface area contributed by atoms with Gasteiger partial charge in [-0.1, -0.05) is 5.16 Å². The summed E-state index contributed by atoms with van der Waals surface area (Å²) in [7, 11) is -3.08. The minimum absolute atomic E-state index is 0.0869. The number of nitrogens with zero attached hydrogens (tertiary/aromatic N) is 3. The van der Waals surface area contributed by atoms with Gasteiger partial charge in [0.05, 0.1) is 6.26 Å². The Morgan fingerprint density at radius 3 is 2.88 bits per heavy atom. The molecule has 1 aromatic heterocycles. The average molecular weight is 259 g/mol. The van der Waals surface area contributed by atoms with Crippen molar-refractivity contribution in [3.63, 3.8) is 0 Å². The Labute approximate surface area is 101 Å². The van der Waals surface area contributed by atoms with E-state index in [1.807, 2.05) is 0 Å². The molecule has 1 saturated heterocycles. The van der Waals surface area contributed by atoms with E-state index in [0.29, 0.717) is 24.7 Å². The summed E-state index contributed by atoms with van der Waals surface area (Å²) in [6.45, 7) is 2.38. The lowest BCUT2D eigenvalue weighted by Crippen LogP contribution is -2.34. The molecule has 1 fully saturated rings. The molecule has 1 aliphatic rings. The number of hydrogen-bond acceptors (Lipinski definition) is 5. The van der Waals surface area contributed by atoms with Crippen molar-refractivity contribution >= 4 is 10.0 Å². The standard InChI is InChI=1S/C10H17N3O3S/c1-8-11-10(12-16-8)6-5-9-4-3-7-13(9)17(2,14)15/h9H,3-7H2,1-2H3. The van der Waals surface area contributed by atoms with E-state index in [-0.39, 0.29) is 6.04 Å². The Balaban J connectivity index is 1.95. The lowest BCUT2D eigenvalue weighted by molar-refractivity contribution is 0.363. The minimum atomic E-state index is -3.08. The summed E-state index contributed by atoms with van der Waals surface area (Å²) in [6.07, 6.45) is 4.54. The van der Waals surface area contributed by atoms with Crippen molar-refractivity contribution < 1.29 is 12.9 Å². The molecule has 1 aliphatic heterocycles. The van der Waals surface area contributed by atoms with E-state index in [9.17, 15) is 8.42 Å². The summed E-state index contributed by atoms with van der Waals surface area (Å²) in [5, 5.41) is 3.81. The van der Waals surface area contributed by atoms with Gasteiger partial charge in [-0.2, -0.15) is 9.29 Å².